The van der Waals surface area contributed by atoms with Gasteiger partial charge in [0.15, 0.2) is 0 Å². The molecule has 2 aromatic rings. The summed E-state index contributed by atoms with van der Waals surface area (Å²) in [6, 6.07) is 4.70. The van der Waals surface area contributed by atoms with Crippen LogP contribution in [0.5, 0.6) is 0 Å². The SMILES string of the molecule is Cc1nc(CNS(=O)(=O)c2ccc(C)c(N)c2)cs1. The second-order valence-electron chi connectivity index (χ2n) is 4.20. The average Bonchev–Trinajstić information content (AvgIpc) is 2.76. The number of nitrogens with two attached hydrogens (primary N) is 1. The Morgan fingerprint density at radius 1 is 1.37 bits per heavy atom. The molecule has 1 aromatic carbocycles. The monoisotopic (exact) mass is 297 g/mol. The summed E-state index contributed by atoms with van der Waals surface area (Å²) in [4.78, 5) is 4.38. The predicted molar refractivity (Wildman–Crippen MR) is 76.5 cm³/mol. The fraction of sp³-hybridized carbons (Fsp3) is 0.250. The van der Waals surface area contributed by atoms with E-state index in [2.05, 4.69) is 9.71 Å². The lowest BCUT2D eigenvalue weighted by Crippen LogP contribution is -2.23. The number of rotatable bonds is 4. The minimum atomic E-state index is -3.55. The molecule has 0 aliphatic carbocycles. The normalized spacial score (nSPS) is 11.7. The van der Waals surface area contributed by atoms with E-state index < -0.39 is 10.0 Å². The van der Waals surface area contributed by atoms with Gasteiger partial charge in [0.2, 0.25) is 10.0 Å². The molecule has 1 aromatic heterocycles. The molecule has 0 atom stereocenters. The van der Waals surface area contributed by atoms with Crippen LogP contribution in [0.15, 0.2) is 28.5 Å². The van der Waals surface area contributed by atoms with Crippen LogP contribution in [0.25, 0.3) is 0 Å². The Labute approximate surface area is 116 Å². The first-order valence-electron chi connectivity index (χ1n) is 5.65. The first-order chi connectivity index (χ1) is 8.88. The van der Waals surface area contributed by atoms with Crippen molar-refractivity contribution < 1.29 is 8.42 Å². The van der Waals surface area contributed by atoms with E-state index in [4.69, 9.17) is 5.73 Å². The largest absolute Gasteiger partial charge is 0.398 e. The maximum Gasteiger partial charge on any atom is 0.240 e. The van der Waals surface area contributed by atoms with Gasteiger partial charge in [0.05, 0.1) is 22.1 Å². The molecule has 0 amide bonds. The van der Waals surface area contributed by atoms with Crippen molar-refractivity contribution in [3.05, 3.63) is 39.8 Å². The summed E-state index contributed by atoms with van der Waals surface area (Å²) in [5.41, 5.74) is 7.76. The van der Waals surface area contributed by atoms with Crippen molar-refractivity contribution in [3.8, 4) is 0 Å². The molecular formula is C12H15N3O2S2. The van der Waals surface area contributed by atoms with Gasteiger partial charge in [0.25, 0.3) is 0 Å². The van der Waals surface area contributed by atoms with Gasteiger partial charge in [-0.25, -0.2) is 18.1 Å². The molecule has 7 heteroatoms. The van der Waals surface area contributed by atoms with E-state index in [1.54, 1.807) is 12.1 Å². The number of sulfonamides is 1. The van der Waals surface area contributed by atoms with Crippen molar-refractivity contribution in [1.29, 1.82) is 0 Å². The van der Waals surface area contributed by atoms with Crippen LogP contribution in [-0.2, 0) is 16.6 Å². The van der Waals surface area contributed by atoms with Crippen molar-refractivity contribution in [2.24, 2.45) is 0 Å². The van der Waals surface area contributed by atoms with E-state index in [-0.39, 0.29) is 11.4 Å². The van der Waals surface area contributed by atoms with Gasteiger partial charge < -0.3 is 5.73 Å². The van der Waals surface area contributed by atoms with E-state index in [0.717, 1.165) is 10.6 Å². The molecule has 0 saturated carbocycles. The van der Waals surface area contributed by atoms with Gasteiger partial charge in [-0.1, -0.05) is 6.07 Å². The zero-order valence-electron chi connectivity index (χ0n) is 10.7. The first-order valence-corrected chi connectivity index (χ1v) is 8.01. The second-order valence-corrected chi connectivity index (χ2v) is 7.03. The number of anilines is 1. The van der Waals surface area contributed by atoms with Gasteiger partial charge in [-0.05, 0) is 31.5 Å². The van der Waals surface area contributed by atoms with Crippen LogP contribution in [-0.4, -0.2) is 13.4 Å². The van der Waals surface area contributed by atoms with E-state index in [1.807, 2.05) is 19.2 Å². The molecule has 2 rings (SSSR count). The van der Waals surface area contributed by atoms with Crippen LogP contribution in [0.3, 0.4) is 0 Å². The van der Waals surface area contributed by atoms with Crippen molar-refractivity contribution in [1.82, 2.24) is 9.71 Å². The first kappa shape index (κ1) is 14.0. The van der Waals surface area contributed by atoms with Crippen LogP contribution in [0.1, 0.15) is 16.3 Å². The van der Waals surface area contributed by atoms with Gasteiger partial charge in [0.1, 0.15) is 0 Å². The van der Waals surface area contributed by atoms with Gasteiger partial charge in [-0.2, -0.15) is 0 Å². The van der Waals surface area contributed by atoms with Gasteiger partial charge >= 0.3 is 0 Å². The van der Waals surface area contributed by atoms with Crippen LogP contribution in [0.2, 0.25) is 0 Å². The highest BCUT2D eigenvalue weighted by Gasteiger charge is 2.15. The standard InChI is InChI=1S/C12H15N3O2S2/c1-8-3-4-11(5-12(8)13)19(16,17)14-6-10-7-18-9(2)15-10/h3-5,7,14H,6,13H2,1-2H3. The minimum Gasteiger partial charge on any atom is -0.398 e. The third kappa shape index (κ3) is 3.31. The summed E-state index contributed by atoms with van der Waals surface area (Å²) < 4.78 is 26.7. The van der Waals surface area contributed by atoms with Crippen LogP contribution >= 0.6 is 11.3 Å². The Bertz CT molecular complexity index is 693. The molecule has 0 unspecified atom stereocenters. The molecule has 5 nitrogen and oxygen atoms in total. The molecule has 0 bridgehead atoms. The molecule has 0 fully saturated rings. The highest BCUT2D eigenvalue weighted by molar-refractivity contribution is 7.89. The van der Waals surface area contributed by atoms with E-state index in [1.165, 1.54) is 17.4 Å². The number of hydrogen-bond acceptors (Lipinski definition) is 5. The predicted octanol–water partition coefficient (Wildman–Crippen LogP) is 1.82. The summed E-state index contributed by atoms with van der Waals surface area (Å²) in [5, 5.41) is 2.75. The molecule has 3 N–H and O–H groups in total. The highest BCUT2D eigenvalue weighted by Crippen LogP contribution is 2.17. The van der Waals surface area contributed by atoms with E-state index >= 15 is 0 Å². The van der Waals surface area contributed by atoms with Crippen LogP contribution in [0, 0.1) is 13.8 Å². The number of aromatic nitrogens is 1. The maximum atomic E-state index is 12.1. The summed E-state index contributed by atoms with van der Waals surface area (Å²) in [6.07, 6.45) is 0. The summed E-state index contributed by atoms with van der Waals surface area (Å²) >= 11 is 1.49. The Morgan fingerprint density at radius 2 is 2.11 bits per heavy atom. The molecule has 0 spiro atoms. The minimum absolute atomic E-state index is 0.169. The Morgan fingerprint density at radius 3 is 2.68 bits per heavy atom. The van der Waals surface area contributed by atoms with Gasteiger partial charge in [0, 0.05) is 11.1 Å². The molecule has 1 heterocycles. The fourth-order valence-electron chi connectivity index (χ4n) is 1.53. The van der Waals surface area contributed by atoms with Crippen LogP contribution in [0.4, 0.5) is 5.69 Å². The molecule has 0 aliphatic heterocycles. The Hall–Kier alpha value is -1.44. The summed E-state index contributed by atoms with van der Waals surface area (Å²) in [5.74, 6) is 0. The highest BCUT2D eigenvalue weighted by atomic mass is 32.2. The van der Waals surface area contributed by atoms with E-state index in [9.17, 15) is 8.42 Å². The quantitative estimate of drug-likeness (QED) is 0.843. The smallest absolute Gasteiger partial charge is 0.240 e. The number of hydrogen-bond donors (Lipinski definition) is 2. The lowest BCUT2D eigenvalue weighted by atomic mass is 10.2. The summed E-state index contributed by atoms with van der Waals surface area (Å²) in [6.45, 7) is 3.89. The van der Waals surface area contributed by atoms with Gasteiger partial charge in [-0.3, -0.25) is 0 Å². The van der Waals surface area contributed by atoms with Crippen molar-refractivity contribution >= 4 is 27.0 Å². The molecular weight excluding hydrogens is 282 g/mol. The number of thiazole rings is 1. The number of nitrogens with zero attached hydrogens (tertiary/aromatic N) is 1. The topological polar surface area (TPSA) is 85.1 Å². The van der Waals surface area contributed by atoms with Crippen molar-refractivity contribution in [2.75, 3.05) is 5.73 Å². The molecule has 19 heavy (non-hydrogen) atoms. The fourth-order valence-corrected chi connectivity index (χ4v) is 3.17. The number of benzene rings is 1. The number of nitrogens with one attached hydrogen (secondary N) is 1. The molecule has 0 aliphatic rings. The summed E-state index contributed by atoms with van der Waals surface area (Å²) in [7, 11) is -3.55. The maximum absolute atomic E-state index is 12.1. The third-order valence-corrected chi connectivity index (χ3v) is 4.89. The van der Waals surface area contributed by atoms with Crippen molar-refractivity contribution in [3.63, 3.8) is 0 Å². The lowest BCUT2D eigenvalue weighted by molar-refractivity contribution is 0.580. The number of nitrogen functional groups attached to an aromatic ring is 1. The second kappa shape index (κ2) is 5.28. The lowest BCUT2D eigenvalue weighted by Gasteiger charge is -2.07. The Kier molecular flexibility index (Phi) is 3.88. The van der Waals surface area contributed by atoms with Crippen molar-refractivity contribution in [2.45, 2.75) is 25.3 Å². The van der Waals surface area contributed by atoms with Gasteiger partial charge in [-0.15, -0.1) is 11.3 Å². The third-order valence-electron chi connectivity index (χ3n) is 2.67. The van der Waals surface area contributed by atoms with E-state index in [0.29, 0.717) is 11.4 Å². The molecule has 0 radical (unpaired) electrons. The average molecular weight is 297 g/mol. The Balaban J connectivity index is 2.16. The molecule has 0 saturated heterocycles. The number of aryl methyl sites for hydroxylation is 2. The zero-order chi connectivity index (χ0) is 14.0. The zero-order valence-corrected chi connectivity index (χ0v) is 12.3. The molecule has 102 valence electrons. The van der Waals surface area contributed by atoms with Crippen LogP contribution < -0.4 is 10.5 Å².